The van der Waals surface area contributed by atoms with Crippen molar-refractivity contribution in [2.75, 3.05) is 16.3 Å². The molecule has 24 heavy (non-hydrogen) atoms. The average Bonchev–Trinajstić information content (AvgIpc) is 2.55. The minimum Gasteiger partial charge on any atom is -0.322 e. The molecule has 2 N–H and O–H groups in total. The van der Waals surface area contributed by atoms with Crippen LogP contribution in [-0.4, -0.2) is 25.6 Å². The molecule has 0 saturated carbocycles. The van der Waals surface area contributed by atoms with E-state index < -0.39 is 10.0 Å². The van der Waals surface area contributed by atoms with Crippen LogP contribution in [0.3, 0.4) is 0 Å². The van der Waals surface area contributed by atoms with E-state index in [-0.39, 0.29) is 5.91 Å². The molecule has 3 rings (SSSR count). The van der Waals surface area contributed by atoms with Gasteiger partial charge in [-0.25, -0.2) is 8.42 Å². The van der Waals surface area contributed by atoms with E-state index >= 15 is 0 Å². The van der Waals surface area contributed by atoms with Gasteiger partial charge in [-0.1, -0.05) is 18.2 Å². The molecule has 0 aliphatic carbocycles. The molecule has 0 bridgehead atoms. The molecule has 7 heteroatoms. The number of rotatable bonds is 4. The van der Waals surface area contributed by atoms with Crippen LogP contribution in [0.1, 0.15) is 10.4 Å². The number of fused-ring (bicyclic) bond motifs is 1. The highest BCUT2D eigenvalue weighted by atomic mass is 32.2. The molecule has 6 nitrogen and oxygen atoms in total. The number of anilines is 2. The third-order valence-electron chi connectivity index (χ3n) is 3.32. The quantitative estimate of drug-likeness (QED) is 0.764. The highest BCUT2D eigenvalue weighted by Crippen LogP contribution is 2.19. The average molecular weight is 341 g/mol. The van der Waals surface area contributed by atoms with Crippen molar-refractivity contribution in [2.24, 2.45) is 0 Å². The molecule has 0 radical (unpaired) electrons. The molecule has 0 saturated heterocycles. The SMILES string of the molecule is CS(=O)(=O)Nc1ccc(NC(=O)c2cccc3cccnc23)cc1. The minimum atomic E-state index is -3.33. The zero-order valence-electron chi connectivity index (χ0n) is 12.9. The summed E-state index contributed by atoms with van der Waals surface area (Å²) >= 11 is 0. The van der Waals surface area contributed by atoms with E-state index in [1.165, 1.54) is 0 Å². The first-order valence-corrected chi connectivity index (χ1v) is 9.04. The lowest BCUT2D eigenvalue weighted by atomic mass is 10.1. The third-order valence-corrected chi connectivity index (χ3v) is 3.93. The number of hydrogen-bond acceptors (Lipinski definition) is 4. The van der Waals surface area contributed by atoms with Gasteiger partial charge in [-0.2, -0.15) is 0 Å². The number of hydrogen-bond donors (Lipinski definition) is 2. The lowest BCUT2D eigenvalue weighted by molar-refractivity contribution is 0.102. The summed E-state index contributed by atoms with van der Waals surface area (Å²) < 4.78 is 24.7. The van der Waals surface area contributed by atoms with Gasteiger partial charge in [-0.3, -0.25) is 14.5 Å². The van der Waals surface area contributed by atoms with E-state index in [0.717, 1.165) is 11.6 Å². The Bertz CT molecular complexity index is 994. The standard InChI is InChI=1S/C17H15N3O3S/c1-24(22,23)20-14-9-7-13(8-10-14)19-17(21)15-6-2-4-12-5-3-11-18-16(12)15/h2-11,20H,1H3,(H,19,21). The second-order valence-corrected chi connectivity index (χ2v) is 7.03. The summed E-state index contributed by atoms with van der Waals surface area (Å²) in [5, 5.41) is 3.67. The van der Waals surface area contributed by atoms with E-state index in [0.29, 0.717) is 22.5 Å². The smallest absolute Gasteiger partial charge is 0.257 e. The first kappa shape index (κ1) is 15.9. The van der Waals surface area contributed by atoms with Crippen LogP contribution in [0, 0.1) is 0 Å². The Labute approximate surface area is 139 Å². The van der Waals surface area contributed by atoms with Crippen molar-refractivity contribution in [3.63, 3.8) is 0 Å². The lowest BCUT2D eigenvalue weighted by Gasteiger charge is -2.09. The number of aromatic nitrogens is 1. The number of sulfonamides is 1. The molecule has 0 aliphatic rings. The van der Waals surface area contributed by atoms with Crippen LogP contribution in [0.5, 0.6) is 0 Å². The van der Waals surface area contributed by atoms with Gasteiger partial charge in [0, 0.05) is 23.0 Å². The summed E-state index contributed by atoms with van der Waals surface area (Å²) in [7, 11) is -3.33. The van der Waals surface area contributed by atoms with Crippen LogP contribution in [0.2, 0.25) is 0 Å². The highest BCUT2D eigenvalue weighted by Gasteiger charge is 2.11. The predicted molar refractivity (Wildman–Crippen MR) is 94.6 cm³/mol. The number of carbonyl (C=O) groups excluding carboxylic acids is 1. The molecule has 0 spiro atoms. The monoisotopic (exact) mass is 341 g/mol. The van der Waals surface area contributed by atoms with Gasteiger partial charge in [0.05, 0.1) is 17.3 Å². The van der Waals surface area contributed by atoms with Gasteiger partial charge >= 0.3 is 0 Å². The summed E-state index contributed by atoms with van der Waals surface area (Å²) in [4.78, 5) is 16.7. The van der Waals surface area contributed by atoms with E-state index in [2.05, 4.69) is 15.0 Å². The van der Waals surface area contributed by atoms with E-state index in [4.69, 9.17) is 0 Å². The lowest BCUT2D eigenvalue weighted by Crippen LogP contribution is -2.13. The molecule has 122 valence electrons. The second-order valence-electron chi connectivity index (χ2n) is 5.29. The van der Waals surface area contributed by atoms with E-state index in [9.17, 15) is 13.2 Å². The van der Waals surface area contributed by atoms with Crippen molar-refractivity contribution in [3.8, 4) is 0 Å². The zero-order chi connectivity index (χ0) is 17.2. The van der Waals surface area contributed by atoms with E-state index in [1.54, 1.807) is 42.6 Å². The maximum Gasteiger partial charge on any atom is 0.257 e. The third kappa shape index (κ3) is 3.69. The van der Waals surface area contributed by atoms with Crippen molar-refractivity contribution in [1.82, 2.24) is 4.98 Å². The van der Waals surface area contributed by atoms with Crippen LogP contribution in [0.25, 0.3) is 10.9 Å². The van der Waals surface area contributed by atoms with Gasteiger partial charge in [-0.15, -0.1) is 0 Å². The fourth-order valence-electron chi connectivity index (χ4n) is 2.32. The number of benzene rings is 2. The molecular formula is C17H15N3O3S. The second kappa shape index (κ2) is 6.29. The van der Waals surface area contributed by atoms with E-state index in [1.807, 2.05) is 18.2 Å². The Kier molecular flexibility index (Phi) is 4.18. The van der Waals surface area contributed by atoms with Crippen molar-refractivity contribution in [3.05, 3.63) is 66.4 Å². The molecule has 0 atom stereocenters. The maximum absolute atomic E-state index is 12.5. The summed E-state index contributed by atoms with van der Waals surface area (Å²) in [5.41, 5.74) is 2.11. The van der Waals surface area contributed by atoms with Crippen molar-refractivity contribution < 1.29 is 13.2 Å². The molecular weight excluding hydrogens is 326 g/mol. The Balaban J connectivity index is 1.82. The van der Waals surface area contributed by atoms with Gasteiger partial charge in [-0.05, 0) is 36.4 Å². The molecule has 0 fully saturated rings. The number of nitrogens with zero attached hydrogens (tertiary/aromatic N) is 1. The summed E-state index contributed by atoms with van der Waals surface area (Å²) in [6.07, 6.45) is 2.72. The summed E-state index contributed by atoms with van der Waals surface area (Å²) in [6, 6.07) is 15.5. The first-order valence-electron chi connectivity index (χ1n) is 7.15. The Morgan fingerprint density at radius 2 is 1.62 bits per heavy atom. The van der Waals surface area contributed by atoms with Crippen LogP contribution < -0.4 is 10.0 Å². The van der Waals surface area contributed by atoms with Crippen molar-refractivity contribution >= 4 is 38.2 Å². The summed E-state index contributed by atoms with van der Waals surface area (Å²) in [6.45, 7) is 0. The molecule has 2 aromatic carbocycles. The van der Waals surface area contributed by atoms with Gasteiger partial charge in [0.25, 0.3) is 5.91 Å². The first-order chi connectivity index (χ1) is 11.4. The topological polar surface area (TPSA) is 88.2 Å². The van der Waals surface area contributed by atoms with Gasteiger partial charge in [0.15, 0.2) is 0 Å². The number of para-hydroxylation sites is 1. The normalized spacial score (nSPS) is 11.2. The molecule has 1 aromatic heterocycles. The highest BCUT2D eigenvalue weighted by molar-refractivity contribution is 7.92. The summed E-state index contributed by atoms with van der Waals surface area (Å²) in [5.74, 6) is -0.275. The van der Waals surface area contributed by atoms with Crippen LogP contribution in [0.4, 0.5) is 11.4 Å². The van der Waals surface area contributed by atoms with Crippen molar-refractivity contribution in [2.45, 2.75) is 0 Å². The molecule has 0 unspecified atom stereocenters. The minimum absolute atomic E-state index is 0.275. The van der Waals surface area contributed by atoms with Crippen LogP contribution >= 0.6 is 0 Å². The fourth-order valence-corrected chi connectivity index (χ4v) is 2.89. The Hall–Kier alpha value is -2.93. The number of amides is 1. The Morgan fingerprint density at radius 1 is 0.958 bits per heavy atom. The molecule has 1 amide bonds. The molecule has 1 heterocycles. The molecule has 3 aromatic rings. The van der Waals surface area contributed by atoms with Gasteiger partial charge in [0.1, 0.15) is 0 Å². The number of pyridine rings is 1. The number of carbonyl (C=O) groups is 1. The largest absolute Gasteiger partial charge is 0.322 e. The maximum atomic E-state index is 12.5. The predicted octanol–water partition coefficient (Wildman–Crippen LogP) is 2.86. The van der Waals surface area contributed by atoms with Crippen molar-refractivity contribution in [1.29, 1.82) is 0 Å². The zero-order valence-corrected chi connectivity index (χ0v) is 13.7. The number of nitrogens with one attached hydrogen (secondary N) is 2. The van der Waals surface area contributed by atoms with Crippen LogP contribution in [-0.2, 0) is 10.0 Å². The van der Waals surface area contributed by atoms with Crippen LogP contribution in [0.15, 0.2) is 60.8 Å². The fraction of sp³-hybridized carbons (Fsp3) is 0.0588. The Morgan fingerprint density at radius 3 is 2.33 bits per heavy atom. The van der Waals surface area contributed by atoms with Gasteiger partial charge in [0.2, 0.25) is 10.0 Å². The molecule has 0 aliphatic heterocycles. The van der Waals surface area contributed by atoms with Gasteiger partial charge < -0.3 is 5.32 Å².